The standard InChI is InChI=1S/C18H21NO2/c1-14-7-6-8-15(11-14)12-17(20)19-13-18(2,21)16-9-4-3-5-10-16/h3-11,21H,12-13H2,1-2H3,(H,19,20). The van der Waals surface area contributed by atoms with Crippen LogP contribution in [0.25, 0.3) is 0 Å². The fourth-order valence-electron chi connectivity index (χ4n) is 2.24. The van der Waals surface area contributed by atoms with Crippen LogP contribution in [0, 0.1) is 6.92 Å². The molecule has 0 spiro atoms. The van der Waals surface area contributed by atoms with E-state index in [2.05, 4.69) is 5.32 Å². The van der Waals surface area contributed by atoms with E-state index in [4.69, 9.17) is 0 Å². The Bertz CT molecular complexity index is 606. The van der Waals surface area contributed by atoms with E-state index in [9.17, 15) is 9.90 Å². The summed E-state index contributed by atoms with van der Waals surface area (Å²) >= 11 is 0. The maximum Gasteiger partial charge on any atom is 0.224 e. The molecule has 0 bridgehead atoms. The first-order chi connectivity index (χ1) is 9.97. The van der Waals surface area contributed by atoms with Gasteiger partial charge in [-0.05, 0) is 25.0 Å². The summed E-state index contributed by atoms with van der Waals surface area (Å²) in [7, 11) is 0. The van der Waals surface area contributed by atoms with Crippen LogP contribution in [-0.4, -0.2) is 17.6 Å². The maximum absolute atomic E-state index is 12.0. The smallest absolute Gasteiger partial charge is 0.224 e. The van der Waals surface area contributed by atoms with Gasteiger partial charge in [0.2, 0.25) is 5.91 Å². The van der Waals surface area contributed by atoms with Crippen molar-refractivity contribution in [3.8, 4) is 0 Å². The molecular weight excluding hydrogens is 262 g/mol. The second-order valence-corrected chi connectivity index (χ2v) is 5.58. The van der Waals surface area contributed by atoms with E-state index < -0.39 is 5.60 Å². The molecule has 0 radical (unpaired) electrons. The van der Waals surface area contributed by atoms with E-state index >= 15 is 0 Å². The normalized spacial score (nSPS) is 13.5. The first-order valence-corrected chi connectivity index (χ1v) is 7.07. The van der Waals surface area contributed by atoms with Crippen molar-refractivity contribution in [3.05, 3.63) is 71.3 Å². The first-order valence-electron chi connectivity index (χ1n) is 7.07. The van der Waals surface area contributed by atoms with Crippen LogP contribution in [0.3, 0.4) is 0 Å². The largest absolute Gasteiger partial charge is 0.384 e. The minimum absolute atomic E-state index is 0.0863. The second-order valence-electron chi connectivity index (χ2n) is 5.58. The molecule has 2 N–H and O–H groups in total. The van der Waals surface area contributed by atoms with E-state index in [0.29, 0.717) is 6.42 Å². The molecule has 0 saturated heterocycles. The summed E-state index contributed by atoms with van der Waals surface area (Å²) in [5, 5.41) is 13.2. The van der Waals surface area contributed by atoms with Gasteiger partial charge in [0.1, 0.15) is 5.60 Å². The molecule has 0 fully saturated rings. The molecule has 0 aromatic heterocycles. The number of rotatable bonds is 5. The van der Waals surface area contributed by atoms with Crippen LogP contribution >= 0.6 is 0 Å². The van der Waals surface area contributed by atoms with Crippen molar-refractivity contribution in [1.29, 1.82) is 0 Å². The van der Waals surface area contributed by atoms with Gasteiger partial charge in [0.05, 0.1) is 13.0 Å². The number of hydrogen-bond donors (Lipinski definition) is 2. The Morgan fingerprint density at radius 3 is 2.52 bits per heavy atom. The maximum atomic E-state index is 12.0. The first kappa shape index (κ1) is 15.3. The Labute approximate surface area is 125 Å². The molecule has 0 saturated carbocycles. The number of nitrogens with one attached hydrogen (secondary N) is 1. The van der Waals surface area contributed by atoms with Gasteiger partial charge in [0, 0.05) is 0 Å². The van der Waals surface area contributed by atoms with E-state index in [-0.39, 0.29) is 12.5 Å². The fourth-order valence-corrected chi connectivity index (χ4v) is 2.24. The van der Waals surface area contributed by atoms with Crippen molar-refractivity contribution in [2.75, 3.05) is 6.54 Å². The van der Waals surface area contributed by atoms with Gasteiger partial charge in [-0.1, -0.05) is 60.2 Å². The number of carbonyl (C=O) groups excluding carboxylic acids is 1. The highest BCUT2D eigenvalue weighted by molar-refractivity contribution is 5.78. The lowest BCUT2D eigenvalue weighted by Gasteiger charge is -2.24. The molecule has 3 heteroatoms. The van der Waals surface area contributed by atoms with Crippen LogP contribution in [0.15, 0.2) is 54.6 Å². The Kier molecular flexibility index (Phi) is 4.76. The monoisotopic (exact) mass is 283 g/mol. The molecule has 1 atom stereocenters. The molecule has 21 heavy (non-hydrogen) atoms. The van der Waals surface area contributed by atoms with Crippen LogP contribution in [0.4, 0.5) is 0 Å². The van der Waals surface area contributed by atoms with E-state index in [1.165, 1.54) is 0 Å². The predicted octanol–water partition coefficient (Wildman–Crippen LogP) is 2.56. The van der Waals surface area contributed by atoms with Gasteiger partial charge >= 0.3 is 0 Å². The molecule has 2 aromatic rings. The van der Waals surface area contributed by atoms with Gasteiger partial charge in [-0.3, -0.25) is 4.79 Å². The van der Waals surface area contributed by atoms with Gasteiger partial charge < -0.3 is 10.4 Å². The summed E-state index contributed by atoms with van der Waals surface area (Å²) in [6.45, 7) is 3.90. The number of hydrogen-bond acceptors (Lipinski definition) is 2. The fraction of sp³-hybridized carbons (Fsp3) is 0.278. The number of amides is 1. The molecule has 110 valence electrons. The van der Waals surface area contributed by atoms with Crippen LogP contribution in [0.5, 0.6) is 0 Å². The van der Waals surface area contributed by atoms with Gasteiger partial charge in [-0.2, -0.15) is 0 Å². The summed E-state index contributed by atoms with van der Waals surface area (Å²) in [4.78, 5) is 12.0. The Hall–Kier alpha value is -2.13. The zero-order valence-electron chi connectivity index (χ0n) is 12.5. The molecular formula is C18H21NO2. The van der Waals surface area contributed by atoms with E-state index in [1.807, 2.05) is 61.5 Å². The highest BCUT2D eigenvalue weighted by Gasteiger charge is 2.23. The molecule has 0 aliphatic rings. The summed E-state index contributed by atoms with van der Waals surface area (Å²) in [6.07, 6.45) is 0.326. The summed E-state index contributed by atoms with van der Waals surface area (Å²) in [5.41, 5.74) is 1.84. The second kappa shape index (κ2) is 6.55. The molecule has 2 aromatic carbocycles. The van der Waals surface area contributed by atoms with E-state index in [1.54, 1.807) is 6.92 Å². The number of carbonyl (C=O) groups is 1. The Morgan fingerprint density at radius 1 is 1.14 bits per heavy atom. The Balaban J connectivity index is 1.92. The van der Waals surface area contributed by atoms with Crippen LogP contribution in [0.1, 0.15) is 23.6 Å². The lowest BCUT2D eigenvalue weighted by molar-refractivity contribution is -0.121. The SMILES string of the molecule is Cc1cccc(CC(=O)NCC(C)(O)c2ccccc2)c1. The van der Waals surface area contributed by atoms with Crippen LogP contribution in [-0.2, 0) is 16.8 Å². The molecule has 0 aliphatic heterocycles. The van der Waals surface area contributed by atoms with Crippen molar-refractivity contribution in [2.24, 2.45) is 0 Å². The summed E-state index contributed by atoms with van der Waals surface area (Å²) in [6, 6.07) is 17.2. The lowest BCUT2D eigenvalue weighted by atomic mass is 9.96. The molecule has 3 nitrogen and oxygen atoms in total. The number of benzene rings is 2. The quantitative estimate of drug-likeness (QED) is 0.886. The highest BCUT2D eigenvalue weighted by Crippen LogP contribution is 2.18. The molecule has 1 unspecified atom stereocenters. The van der Waals surface area contributed by atoms with Gasteiger partial charge in [0.25, 0.3) is 0 Å². The molecule has 0 aliphatic carbocycles. The average Bonchev–Trinajstić information content (AvgIpc) is 2.46. The average molecular weight is 283 g/mol. The molecule has 0 heterocycles. The van der Waals surface area contributed by atoms with Crippen molar-refractivity contribution < 1.29 is 9.90 Å². The number of aliphatic hydroxyl groups is 1. The third kappa shape index (κ3) is 4.43. The zero-order chi connectivity index (χ0) is 15.3. The minimum atomic E-state index is -1.07. The van der Waals surface area contributed by atoms with E-state index in [0.717, 1.165) is 16.7 Å². The van der Waals surface area contributed by atoms with Crippen LogP contribution < -0.4 is 5.32 Å². The third-order valence-corrected chi connectivity index (χ3v) is 3.47. The van der Waals surface area contributed by atoms with Gasteiger partial charge in [0.15, 0.2) is 0 Å². The third-order valence-electron chi connectivity index (χ3n) is 3.47. The lowest BCUT2D eigenvalue weighted by Crippen LogP contribution is -2.39. The number of aryl methyl sites for hydroxylation is 1. The zero-order valence-corrected chi connectivity index (χ0v) is 12.5. The predicted molar refractivity (Wildman–Crippen MR) is 83.9 cm³/mol. The topological polar surface area (TPSA) is 49.3 Å². The minimum Gasteiger partial charge on any atom is -0.384 e. The summed E-state index contributed by atoms with van der Waals surface area (Å²) < 4.78 is 0. The van der Waals surface area contributed by atoms with Gasteiger partial charge in [-0.15, -0.1) is 0 Å². The Morgan fingerprint density at radius 2 is 1.86 bits per heavy atom. The summed E-state index contributed by atoms with van der Waals surface area (Å²) in [5.74, 6) is -0.0863. The van der Waals surface area contributed by atoms with Gasteiger partial charge in [-0.25, -0.2) is 0 Å². The molecule has 1 amide bonds. The van der Waals surface area contributed by atoms with Crippen molar-refractivity contribution in [2.45, 2.75) is 25.9 Å². The van der Waals surface area contributed by atoms with Crippen molar-refractivity contribution >= 4 is 5.91 Å². The van der Waals surface area contributed by atoms with Crippen molar-refractivity contribution in [1.82, 2.24) is 5.32 Å². The van der Waals surface area contributed by atoms with Crippen LogP contribution in [0.2, 0.25) is 0 Å². The van der Waals surface area contributed by atoms with Crippen molar-refractivity contribution in [3.63, 3.8) is 0 Å². The highest BCUT2D eigenvalue weighted by atomic mass is 16.3. The molecule has 2 rings (SSSR count).